The molecule has 1 spiro atoms. The minimum Gasteiger partial charge on any atom is -0.490 e. The van der Waals surface area contributed by atoms with E-state index in [1.807, 2.05) is 6.07 Å². The van der Waals surface area contributed by atoms with Crippen molar-refractivity contribution >= 4 is 11.4 Å². The number of benzene rings is 1. The summed E-state index contributed by atoms with van der Waals surface area (Å²) in [6.45, 7) is 6.50. The molecule has 1 aromatic rings. The molecule has 2 aliphatic heterocycles. The maximum Gasteiger partial charge on any atom is 0.311 e. The van der Waals surface area contributed by atoms with Crippen LogP contribution in [0.4, 0.5) is 11.4 Å². The topological polar surface area (TPSA) is 58.9 Å². The second-order valence-electron chi connectivity index (χ2n) is 7.55. The molecule has 138 valence electrons. The maximum atomic E-state index is 11.3. The summed E-state index contributed by atoms with van der Waals surface area (Å²) in [5.74, 6) is 0.358. The van der Waals surface area contributed by atoms with Gasteiger partial charge in [-0.25, -0.2) is 0 Å². The van der Waals surface area contributed by atoms with E-state index in [2.05, 4.69) is 23.8 Å². The molecule has 2 aliphatic rings. The van der Waals surface area contributed by atoms with Gasteiger partial charge in [-0.1, -0.05) is 6.92 Å². The van der Waals surface area contributed by atoms with E-state index in [4.69, 9.17) is 4.74 Å². The highest BCUT2D eigenvalue weighted by Crippen LogP contribution is 2.43. The third kappa shape index (κ3) is 3.59. The van der Waals surface area contributed by atoms with Crippen LogP contribution in [0.3, 0.4) is 0 Å². The van der Waals surface area contributed by atoms with Gasteiger partial charge in [-0.2, -0.15) is 0 Å². The minimum absolute atomic E-state index is 0.0619. The Kier molecular flexibility index (Phi) is 5.18. The van der Waals surface area contributed by atoms with Crippen molar-refractivity contribution in [2.24, 2.45) is 5.41 Å². The molecule has 0 radical (unpaired) electrons. The summed E-state index contributed by atoms with van der Waals surface area (Å²) < 4.78 is 5.29. The number of nitrogens with zero attached hydrogens (tertiary/aromatic N) is 3. The molecule has 0 saturated carbocycles. The maximum absolute atomic E-state index is 11.3. The first-order chi connectivity index (χ1) is 12.0. The normalized spacial score (nSPS) is 20.7. The Hall–Kier alpha value is -1.82. The number of anilines is 1. The summed E-state index contributed by atoms with van der Waals surface area (Å²) in [7, 11) is 3.71. The number of rotatable bonds is 4. The minimum atomic E-state index is -0.356. The van der Waals surface area contributed by atoms with Crippen molar-refractivity contribution in [3.63, 3.8) is 0 Å². The Balaban J connectivity index is 1.79. The van der Waals surface area contributed by atoms with Crippen LogP contribution >= 0.6 is 0 Å². The zero-order chi connectivity index (χ0) is 18.0. The van der Waals surface area contributed by atoms with Crippen LogP contribution in [0.2, 0.25) is 0 Å². The first-order valence-electron chi connectivity index (χ1n) is 9.27. The van der Waals surface area contributed by atoms with Crippen LogP contribution in [0.25, 0.3) is 0 Å². The predicted molar refractivity (Wildman–Crippen MR) is 99.6 cm³/mol. The van der Waals surface area contributed by atoms with Gasteiger partial charge in [-0.05, 0) is 63.2 Å². The summed E-state index contributed by atoms with van der Waals surface area (Å²) >= 11 is 0. The van der Waals surface area contributed by atoms with Gasteiger partial charge in [0.05, 0.1) is 12.0 Å². The number of nitro benzene ring substituents is 1. The molecule has 2 fully saturated rings. The van der Waals surface area contributed by atoms with Crippen LogP contribution in [-0.4, -0.2) is 50.2 Å². The number of aryl methyl sites for hydroxylation is 1. The van der Waals surface area contributed by atoms with Crippen LogP contribution in [0.1, 0.15) is 38.2 Å². The van der Waals surface area contributed by atoms with Gasteiger partial charge >= 0.3 is 5.69 Å². The Bertz CT molecular complexity index is 629. The quantitative estimate of drug-likeness (QED) is 0.616. The van der Waals surface area contributed by atoms with E-state index in [9.17, 15) is 10.1 Å². The standard InChI is InChI=1S/C19H29N3O3/c1-4-15-13-17(22(23)24)18(25-3)14-16(15)21-11-7-19(8-12-21)5-9-20(2)10-6-19/h13-14H,4-12H2,1-3H3. The fourth-order valence-electron chi connectivity index (χ4n) is 4.30. The van der Waals surface area contributed by atoms with Crippen LogP contribution in [0.5, 0.6) is 5.75 Å². The fourth-order valence-corrected chi connectivity index (χ4v) is 4.30. The van der Waals surface area contributed by atoms with E-state index in [0.29, 0.717) is 11.2 Å². The number of likely N-dealkylation sites (tertiary alicyclic amines) is 1. The van der Waals surface area contributed by atoms with Crippen molar-refractivity contribution in [3.8, 4) is 5.75 Å². The summed E-state index contributed by atoms with van der Waals surface area (Å²) in [6.07, 6.45) is 5.79. The Morgan fingerprint density at radius 1 is 1.16 bits per heavy atom. The van der Waals surface area contributed by atoms with Gasteiger partial charge in [0.1, 0.15) is 0 Å². The van der Waals surface area contributed by atoms with Crippen molar-refractivity contribution in [2.75, 3.05) is 45.2 Å². The van der Waals surface area contributed by atoms with Gasteiger partial charge < -0.3 is 14.5 Å². The van der Waals surface area contributed by atoms with Crippen molar-refractivity contribution < 1.29 is 9.66 Å². The zero-order valence-electron chi connectivity index (χ0n) is 15.6. The lowest BCUT2D eigenvalue weighted by atomic mass is 9.71. The first kappa shape index (κ1) is 18.0. The largest absolute Gasteiger partial charge is 0.490 e. The molecule has 0 bridgehead atoms. The number of hydrogen-bond acceptors (Lipinski definition) is 5. The van der Waals surface area contributed by atoms with E-state index < -0.39 is 0 Å². The molecule has 0 aromatic heterocycles. The van der Waals surface area contributed by atoms with Crippen molar-refractivity contribution in [1.29, 1.82) is 0 Å². The molecule has 6 heteroatoms. The second kappa shape index (κ2) is 7.20. The molecule has 1 aromatic carbocycles. The van der Waals surface area contributed by atoms with Crippen molar-refractivity contribution in [3.05, 3.63) is 27.8 Å². The second-order valence-corrected chi connectivity index (χ2v) is 7.55. The van der Waals surface area contributed by atoms with Gasteiger partial charge in [0.25, 0.3) is 0 Å². The molecule has 2 saturated heterocycles. The van der Waals surface area contributed by atoms with E-state index in [-0.39, 0.29) is 10.6 Å². The average molecular weight is 347 g/mol. The van der Waals surface area contributed by atoms with Crippen LogP contribution < -0.4 is 9.64 Å². The molecule has 2 heterocycles. The Morgan fingerprint density at radius 2 is 1.76 bits per heavy atom. The fraction of sp³-hybridized carbons (Fsp3) is 0.684. The lowest BCUT2D eigenvalue weighted by Crippen LogP contribution is -2.46. The molecular formula is C19H29N3O3. The van der Waals surface area contributed by atoms with Crippen LogP contribution in [0, 0.1) is 15.5 Å². The van der Waals surface area contributed by atoms with E-state index in [1.165, 1.54) is 45.9 Å². The smallest absolute Gasteiger partial charge is 0.311 e. The molecule has 0 atom stereocenters. The Morgan fingerprint density at radius 3 is 2.28 bits per heavy atom. The number of ether oxygens (including phenoxy) is 1. The van der Waals surface area contributed by atoms with Gasteiger partial charge in [-0.3, -0.25) is 10.1 Å². The molecule has 0 amide bonds. The highest BCUT2D eigenvalue weighted by molar-refractivity contribution is 5.64. The highest BCUT2D eigenvalue weighted by Gasteiger charge is 2.37. The van der Waals surface area contributed by atoms with Gasteiger partial charge in [-0.15, -0.1) is 0 Å². The SMILES string of the molecule is CCc1cc([N+](=O)[O-])c(OC)cc1N1CCC2(CCN(C)CC2)CC1. The number of nitro groups is 1. The number of piperidine rings is 2. The number of methoxy groups -OCH3 is 1. The molecule has 0 unspecified atom stereocenters. The van der Waals surface area contributed by atoms with E-state index in [0.717, 1.165) is 30.8 Å². The summed E-state index contributed by atoms with van der Waals surface area (Å²) in [5, 5.41) is 11.3. The van der Waals surface area contributed by atoms with Crippen LogP contribution in [-0.2, 0) is 6.42 Å². The monoisotopic (exact) mass is 347 g/mol. The van der Waals surface area contributed by atoms with Crippen molar-refractivity contribution in [2.45, 2.75) is 39.0 Å². The lowest BCUT2D eigenvalue weighted by molar-refractivity contribution is -0.385. The van der Waals surface area contributed by atoms with Crippen LogP contribution in [0.15, 0.2) is 12.1 Å². The molecule has 6 nitrogen and oxygen atoms in total. The summed E-state index contributed by atoms with van der Waals surface area (Å²) in [5.41, 5.74) is 2.70. The summed E-state index contributed by atoms with van der Waals surface area (Å²) in [6, 6.07) is 3.55. The third-order valence-electron chi connectivity index (χ3n) is 6.17. The molecule has 0 N–H and O–H groups in total. The average Bonchev–Trinajstić information content (AvgIpc) is 2.64. The summed E-state index contributed by atoms with van der Waals surface area (Å²) in [4.78, 5) is 15.7. The van der Waals surface area contributed by atoms with E-state index >= 15 is 0 Å². The Labute approximate surface area is 149 Å². The van der Waals surface area contributed by atoms with Crippen molar-refractivity contribution in [1.82, 2.24) is 4.90 Å². The molecule has 25 heavy (non-hydrogen) atoms. The molecule has 0 aliphatic carbocycles. The predicted octanol–water partition coefficient (Wildman–Crippen LogP) is 3.48. The van der Waals surface area contributed by atoms with E-state index in [1.54, 1.807) is 6.07 Å². The molecular weight excluding hydrogens is 318 g/mol. The molecule has 3 rings (SSSR count). The first-order valence-corrected chi connectivity index (χ1v) is 9.27. The third-order valence-corrected chi connectivity index (χ3v) is 6.17. The van der Waals surface area contributed by atoms with Gasteiger partial charge in [0.15, 0.2) is 5.75 Å². The highest BCUT2D eigenvalue weighted by atomic mass is 16.6. The zero-order valence-corrected chi connectivity index (χ0v) is 15.6. The lowest BCUT2D eigenvalue weighted by Gasteiger charge is -2.47. The van der Waals surface area contributed by atoms with Gasteiger partial charge in [0, 0.05) is 30.9 Å². The van der Waals surface area contributed by atoms with Gasteiger partial charge in [0.2, 0.25) is 0 Å². The number of hydrogen-bond donors (Lipinski definition) is 0.